The summed E-state index contributed by atoms with van der Waals surface area (Å²) >= 11 is 0. The van der Waals surface area contributed by atoms with Gasteiger partial charge < -0.3 is 4.90 Å². The van der Waals surface area contributed by atoms with Gasteiger partial charge in [0, 0.05) is 6.54 Å². The Balaban J connectivity index is 2.54. The summed E-state index contributed by atoms with van der Waals surface area (Å²) < 4.78 is 0. The van der Waals surface area contributed by atoms with Crippen molar-refractivity contribution >= 4 is 0 Å². The van der Waals surface area contributed by atoms with E-state index in [2.05, 4.69) is 30.5 Å². The van der Waals surface area contributed by atoms with Gasteiger partial charge in [-0.3, -0.25) is 11.3 Å². The molecule has 0 radical (unpaired) electrons. The van der Waals surface area contributed by atoms with Gasteiger partial charge in [0.1, 0.15) is 0 Å². The van der Waals surface area contributed by atoms with Gasteiger partial charge in [-0.15, -0.1) is 0 Å². The molecule has 1 aliphatic carbocycles. The van der Waals surface area contributed by atoms with Crippen LogP contribution in [0, 0.1) is 0 Å². The molecule has 1 unspecified atom stereocenters. The lowest BCUT2D eigenvalue weighted by molar-refractivity contribution is 0.355. The van der Waals surface area contributed by atoms with Gasteiger partial charge in [0.05, 0.1) is 6.04 Å². The normalized spacial score (nSPS) is 20.7. The molecule has 0 saturated heterocycles. The number of rotatable bonds is 4. The molecule has 0 aromatic heterocycles. The monoisotopic (exact) mass is 211 g/mol. The van der Waals surface area contributed by atoms with Crippen LogP contribution in [0.15, 0.2) is 11.6 Å². The molecule has 0 aromatic carbocycles. The van der Waals surface area contributed by atoms with Crippen LogP contribution in [-0.2, 0) is 0 Å². The standard InChI is InChI=1S/C12H25N3/c1-15(2)10-12(14-13)11-8-6-4-3-5-7-9-11/h8,12,14H,3-7,9-10,13H2,1-2H3. The summed E-state index contributed by atoms with van der Waals surface area (Å²) in [4.78, 5) is 2.18. The van der Waals surface area contributed by atoms with Crippen LogP contribution < -0.4 is 11.3 Å². The van der Waals surface area contributed by atoms with Crippen molar-refractivity contribution in [2.75, 3.05) is 20.6 Å². The first kappa shape index (κ1) is 12.7. The smallest absolute Gasteiger partial charge is 0.0546 e. The second-order valence-electron chi connectivity index (χ2n) is 4.71. The van der Waals surface area contributed by atoms with Crippen molar-refractivity contribution in [3.63, 3.8) is 0 Å². The van der Waals surface area contributed by atoms with E-state index in [1.54, 1.807) is 0 Å². The molecular weight excluding hydrogens is 186 g/mol. The van der Waals surface area contributed by atoms with Crippen LogP contribution in [0.2, 0.25) is 0 Å². The Morgan fingerprint density at radius 1 is 1.33 bits per heavy atom. The first-order valence-corrected chi connectivity index (χ1v) is 6.04. The minimum Gasteiger partial charge on any atom is -0.307 e. The summed E-state index contributed by atoms with van der Waals surface area (Å²) in [5.41, 5.74) is 4.45. The summed E-state index contributed by atoms with van der Waals surface area (Å²) in [6.45, 7) is 0.988. The van der Waals surface area contributed by atoms with Crippen LogP contribution in [-0.4, -0.2) is 31.6 Å². The van der Waals surface area contributed by atoms with Gasteiger partial charge in [0.25, 0.3) is 0 Å². The fourth-order valence-corrected chi connectivity index (χ4v) is 2.18. The van der Waals surface area contributed by atoms with E-state index in [0.717, 1.165) is 6.54 Å². The van der Waals surface area contributed by atoms with E-state index in [1.165, 1.54) is 44.1 Å². The molecule has 0 bridgehead atoms. The maximum absolute atomic E-state index is 5.62. The summed E-state index contributed by atoms with van der Waals surface area (Å²) in [5.74, 6) is 5.62. The first-order valence-electron chi connectivity index (χ1n) is 6.04. The molecule has 3 nitrogen and oxygen atoms in total. The molecule has 0 heterocycles. The van der Waals surface area contributed by atoms with E-state index < -0.39 is 0 Å². The molecular formula is C12H25N3. The van der Waals surface area contributed by atoms with Crippen LogP contribution >= 0.6 is 0 Å². The topological polar surface area (TPSA) is 41.3 Å². The van der Waals surface area contributed by atoms with E-state index in [1.807, 2.05) is 0 Å². The Labute approximate surface area is 93.7 Å². The number of hydrazine groups is 1. The van der Waals surface area contributed by atoms with Gasteiger partial charge in [-0.25, -0.2) is 0 Å². The number of nitrogens with two attached hydrogens (primary N) is 1. The molecule has 88 valence electrons. The van der Waals surface area contributed by atoms with Gasteiger partial charge in [-0.2, -0.15) is 0 Å². The van der Waals surface area contributed by atoms with Gasteiger partial charge in [0.2, 0.25) is 0 Å². The molecule has 3 N–H and O–H groups in total. The second-order valence-corrected chi connectivity index (χ2v) is 4.71. The third-order valence-electron chi connectivity index (χ3n) is 3.02. The number of nitrogens with one attached hydrogen (secondary N) is 1. The zero-order chi connectivity index (χ0) is 11.1. The molecule has 0 saturated carbocycles. The van der Waals surface area contributed by atoms with Crippen molar-refractivity contribution in [2.24, 2.45) is 5.84 Å². The number of likely N-dealkylation sites (N-methyl/N-ethyl adjacent to an activating group) is 1. The third-order valence-corrected chi connectivity index (χ3v) is 3.02. The Hall–Kier alpha value is -0.380. The number of hydrogen-bond acceptors (Lipinski definition) is 3. The lowest BCUT2D eigenvalue weighted by Gasteiger charge is -2.24. The van der Waals surface area contributed by atoms with Gasteiger partial charge in [-0.05, 0) is 39.8 Å². The van der Waals surface area contributed by atoms with Crippen LogP contribution in [0.3, 0.4) is 0 Å². The molecule has 3 heteroatoms. The Morgan fingerprint density at radius 3 is 2.73 bits per heavy atom. The highest BCUT2D eigenvalue weighted by Gasteiger charge is 2.14. The van der Waals surface area contributed by atoms with E-state index in [9.17, 15) is 0 Å². The van der Waals surface area contributed by atoms with Crippen molar-refractivity contribution < 1.29 is 0 Å². The molecule has 0 aliphatic heterocycles. The van der Waals surface area contributed by atoms with Crippen molar-refractivity contribution in [1.82, 2.24) is 10.3 Å². The molecule has 15 heavy (non-hydrogen) atoms. The van der Waals surface area contributed by atoms with E-state index >= 15 is 0 Å². The molecule has 1 rings (SSSR count). The Bertz CT molecular complexity index is 199. The third kappa shape index (κ3) is 4.78. The number of nitrogens with zero attached hydrogens (tertiary/aromatic N) is 1. The average molecular weight is 211 g/mol. The SMILES string of the molecule is CN(C)CC(NN)C1=CCCCCCC1. The average Bonchev–Trinajstić information content (AvgIpc) is 2.14. The predicted octanol–water partition coefficient (Wildman–Crippen LogP) is 1.66. The maximum Gasteiger partial charge on any atom is 0.0546 e. The first-order chi connectivity index (χ1) is 7.24. The lowest BCUT2D eigenvalue weighted by atomic mass is 9.95. The van der Waals surface area contributed by atoms with Crippen LogP contribution in [0.5, 0.6) is 0 Å². The zero-order valence-corrected chi connectivity index (χ0v) is 10.1. The summed E-state index contributed by atoms with van der Waals surface area (Å²) in [5, 5.41) is 0. The minimum absolute atomic E-state index is 0.332. The van der Waals surface area contributed by atoms with E-state index in [4.69, 9.17) is 5.84 Å². The van der Waals surface area contributed by atoms with Crippen molar-refractivity contribution in [3.8, 4) is 0 Å². The Kier molecular flexibility index (Phi) is 5.91. The van der Waals surface area contributed by atoms with Crippen molar-refractivity contribution in [1.29, 1.82) is 0 Å². The maximum atomic E-state index is 5.62. The molecule has 1 atom stereocenters. The van der Waals surface area contributed by atoms with Crippen LogP contribution in [0.4, 0.5) is 0 Å². The number of allylic oxidation sites excluding steroid dienone is 1. The highest BCUT2D eigenvalue weighted by Crippen LogP contribution is 2.19. The lowest BCUT2D eigenvalue weighted by Crippen LogP contribution is -2.43. The van der Waals surface area contributed by atoms with E-state index in [-0.39, 0.29) is 0 Å². The summed E-state index contributed by atoms with van der Waals surface area (Å²) in [6.07, 6.45) is 10.2. The van der Waals surface area contributed by atoms with Crippen LogP contribution in [0.25, 0.3) is 0 Å². The van der Waals surface area contributed by atoms with Crippen molar-refractivity contribution in [2.45, 2.75) is 44.6 Å². The zero-order valence-electron chi connectivity index (χ0n) is 10.1. The molecule has 1 aliphatic rings. The predicted molar refractivity (Wildman–Crippen MR) is 65.5 cm³/mol. The van der Waals surface area contributed by atoms with Crippen molar-refractivity contribution in [3.05, 3.63) is 11.6 Å². The van der Waals surface area contributed by atoms with Gasteiger partial charge >= 0.3 is 0 Å². The molecule has 0 aromatic rings. The Morgan fingerprint density at radius 2 is 2.07 bits per heavy atom. The molecule has 0 spiro atoms. The molecule has 0 fully saturated rings. The minimum atomic E-state index is 0.332. The largest absolute Gasteiger partial charge is 0.307 e. The second kappa shape index (κ2) is 6.99. The highest BCUT2D eigenvalue weighted by atomic mass is 15.3. The van der Waals surface area contributed by atoms with Crippen LogP contribution in [0.1, 0.15) is 38.5 Å². The number of hydrogen-bond donors (Lipinski definition) is 2. The summed E-state index contributed by atoms with van der Waals surface area (Å²) in [6, 6.07) is 0.332. The quantitative estimate of drug-likeness (QED) is 0.422. The summed E-state index contributed by atoms with van der Waals surface area (Å²) in [7, 11) is 4.18. The fourth-order valence-electron chi connectivity index (χ4n) is 2.18. The van der Waals surface area contributed by atoms with E-state index in [0.29, 0.717) is 6.04 Å². The fraction of sp³-hybridized carbons (Fsp3) is 0.833. The van der Waals surface area contributed by atoms with Gasteiger partial charge in [-0.1, -0.05) is 24.5 Å². The molecule has 0 amide bonds. The highest BCUT2D eigenvalue weighted by molar-refractivity contribution is 5.12. The van der Waals surface area contributed by atoms with Gasteiger partial charge in [0.15, 0.2) is 0 Å².